The lowest BCUT2D eigenvalue weighted by Crippen LogP contribution is -3.09. The summed E-state index contributed by atoms with van der Waals surface area (Å²) in [5.74, 6) is -0.962. The van der Waals surface area contributed by atoms with Gasteiger partial charge in [-0.3, -0.25) is 9.59 Å². The first-order chi connectivity index (χ1) is 11.5. The van der Waals surface area contributed by atoms with Gasteiger partial charge in [-0.05, 0) is 17.7 Å². The molecule has 2 amide bonds. The smallest absolute Gasteiger partial charge is 0.241 e. The van der Waals surface area contributed by atoms with Crippen LogP contribution in [0.2, 0.25) is 0 Å². The summed E-state index contributed by atoms with van der Waals surface area (Å²) >= 11 is 0. The molecular weight excluding hydrogens is 307 g/mol. The Bertz CT molecular complexity index is 748. The summed E-state index contributed by atoms with van der Waals surface area (Å²) in [5, 5.41) is 0. The molecule has 0 aliphatic carbocycles. The highest BCUT2D eigenvalue weighted by Crippen LogP contribution is 2.28. The van der Waals surface area contributed by atoms with Crippen molar-refractivity contribution in [3.8, 4) is 0 Å². The van der Waals surface area contributed by atoms with Gasteiger partial charge in [0.25, 0.3) is 0 Å². The van der Waals surface area contributed by atoms with Crippen LogP contribution in [0.5, 0.6) is 0 Å². The van der Waals surface area contributed by atoms with Crippen LogP contribution in [0.3, 0.4) is 0 Å². The van der Waals surface area contributed by atoms with E-state index < -0.39 is 0 Å². The molecule has 0 spiro atoms. The fraction of sp³-hybridized carbons (Fsp3) is 0.263. The Morgan fingerprint density at radius 2 is 1.88 bits per heavy atom. The third-order valence-electron chi connectivity index (χ3n) is 4.27. The number of nitrogens with one attached hydrogen (secondary N) is 1. The fourth-order valence-electron chi connectivity index (χ4n) is 3.12. The highest BCUT2D eigenvalue weighted by molar-refractivity contribution is 6.06. The number of likely N-dealkylation sites (tertiary alicyclic amines) is 1. The monoisotopic (exact) mass is 327 g/mol. The molecule has 5 heteroatoms. The minimum Gasteiger partial charge on any atom is -0.316 e. The number of halogens is 1. The summed E-state index contributed by atoms with van der Waals surface area (Å²) in [6, 6.07) is 15.8. The van der Waals surface area contributed by atoms with Crippen molar-refractivity contribution in [3.05, 3.63) is 71.5 Å². The van der Waals surface area contributed by atoms with Crippen LogP contribution in [-0.2, 0) is 16.1 Å². The van der Waals surface area contributed by atoms with Crippen molar-refractivity contribution >= 4 is 11.8 Å². The molecule has 0 aromatic heterocycles. The molecular formula is C19H20FN2O2+. The van der Waals surface area contributed by atoms with Gasteiger partial charge in [-0.25, -0.2) is 9.29 Å². The standard InChI is InChI=1S/C19H19FN2O2/c1-21(12-14-6-5-9-16(20)10-14)13-22-18(23)11-17(19(22)24)15-7-3-2-4-8-15/h2-10,17H,11-13H2,1H3/p+1/t17-/m0/s1. The van der Waals surface area contributed by atoms with Crippen LogP contribution in [0.1, 0.15) is 23.5 Å². The average molecular weight is 327 g/mol. The van der Waals surface area contributed by atoms with Gasteiger partial charge in [0.1, 0.15) is 12.4 Å². The quantitative estimate of drug-likeness (QED) is 0.842. The number of carbonyl (C=O) groups excluding carboxylic acids is 2. The molecule has 0 radical (unpaired) electrons. The van der Waals surface area contributed by atoms with E-state index in [-0.39, 0.29) is 36.6 Å². The molecule has 1 heterocycles. The number of hydrogen-bond donors (Lipinski definition) is 1. The Hall–Kier alpha value is -2.53. The topological polar surface area (TPSA) is 41.8 Å². The zero-order chi connectivity index (χ0) is 17.1. The Morgan fingerprint density at radius 3 is 2.58 bits per heavy atom. The molecule has 3 rings (SSSR count). The largest absolute Gasteiger partial charge is 0.316 e. The van der Waals surface area contributed by atoms with Crippen molar-refractivity contribution < 1.29 is 18.9 Å². The van der Waals surface area contributed by atoms with E-state index in [0.717, 1.165) is 16.0 Å². The van der Waals surface area contributed by atoms with Gasteiger partial charge in [0.05, 0.1) is 13.0 Å². The zero-order valence-electron chi connectivity index (χ0n) is 13.5. The highest BCUT2D eigenvalue weighted by atomic mass is 19.1. The highest BCUT2D eigenvalue weighted by Gasteiger charge is 2.40. The van der Waals surface area contributed by atoms with Crippen LogP contribution < -0.4 is 4.90 Å². The van der Waals surface area contributed by atoms with E-state index in [1.165, 1.54) is 17.0 Å². The van der Waals surface area contributed by atoms with Gasteiger partial charge in [0, 0.05) is 12.0 Å². The summed E-state index contributed by atoms with van der Waals surface area (Å²) in [6.07, 6.45) is 0.218. The fourth-order valence-corrected chi connectivity index (χ4v) is 3.12. The van der Waals surface area contributed by atoms with Crippen molar-refractivity contribution in [3.63, 3.8) is 0 Å². The van der Waals surface area contributed by atoms with Crippen molar-refractivity contribution in [1.82, 2.24) is 4.90 Å². The zero-order valence-corrected chi connectivity index (χ0v) is 13.5. The maximum absolute atomic E-state index is 13.3. The van der Waals surface area contributed by atoms with E-state index >= 15 is 0 Å². The van der Waals surface area contributed by atoms with E-state index in [9.17, 15) is 14.0 Å². The van der Waals surface area contributed by atoms with Crippen LogP contribution in [0.15, 0.2) is 54.6 Å². The van der Waals surface area contributed by atoms with Crippen LogP contribution in [0, 0.1) is 5.82 Å². The molecule has 124 valence electrons. The Balaban J connectivity index is 1.66. The predicted molar refractivity (Wildman–Crippen MR) is 87.5 cm³/mol. The first-order valence-corrected chi connectivity index (χ1v) is 7.99. The second-order valence-corrected chi connectivity index (χ2v) is 6.25. The molecule has 1 saturated heterocycles. The number of carbonyl (C=O) groups is 2. The van der Waals surface area contributed by atoms with E-state index in [1.54, 1.807) is 6.07 Å². The Kier molecular flexibility index (Phi) is 4.71. The van der Waals surface area contributed by atoms with Crippen LogP contribution in [-0.4, -0.2) is 30.4 Å². The van der Waals surface area contributed by atoms with E-state index in [1.807, 2.05) is 43.4 Å². The number of rotatable bonds is 5. The van der Waals surface area contributed by atoms with Crippen LogP contribution >= 0.6 is 0 Å². The summed E-state index contributed by atoms with van der Waals surface area (Å²) < 4.78 is 13.3. The molecule has 0 saturated carbocycles. The molecule has 1 fully saturated rings. The molecule has 2 aromatic carbocycles. The molecule has 4 nitrogen and oxygen atoms in total. The first kappa shape index (κ1) is 16.3. The number of imide groups is 1. The van der Waals surface area contributed by atoms with Crippen molar-refractivity contribution in [2.45, 2.75) is 18.9 Å². The van der Waals surface area contributed by atoms with Gasteiger partial charge in [-0.1, -0.05) is 42.5 Å². The number of benzene rings is 2. The molecule has 1 aliphatic heterocycles. The molecule has 1 unspecified atom stereocenters. The second kappa shape index (κ2) is 6.93. The lowest BCUT2D eigenvalue weighted by Gasteiger charge is -2.20. The van der Waals surface area contributed by atoms with Gasteiger partial charge in [-0.15, -0.1) is 0 Å². The van der Waals surface area contributed by atoms with Gasteiger partial charge in [-0.2, -0.15) is 0 Å². The SMILES string of the molecule is C[NH+](Cc1cccc(F)c1)CN1C(=O)C[C@@H](c2ccccc2)C1=O. The van der Waals surface area contributed by atoms with E-state index in [0.29, 0.717) is 6.54 Å². The van der Waals surface area contributed by atoms with E-state index in [2.05, 4.69) is 0 Å². The maximum Gasteiger partial charge on any atom is 0.241 e. The third-order valence-corrected chi connectivity index (χ3v) is 4.27. The van der Waals surface area contributed by atoms with Gasteiger partial charge >= 0.3 is 0 Å². The molecule has 2 aromatic rings. The third kappa shape index (κ3) is 3.51. The summed E-state index contributed by atoms with van der Waals surface area (Å²) in [6.45, 7) is 0.836. The maximum atomic E-state index is 13.3. The van der Waals surface area contributed by atoms with Crippen LogP contribution in [0.25, 0.3) is 0 Å². The minimum absolute atomic E-state index is 0.146. The lowest BCUT2D eigenvalue weighted by atomic mass is 9.98. The Morgan fingerprint density at radius 1 is 1.12 bits per heavy atom. The summed E-state index contributed by atoms with van der Waals surface area (Å²) in [7, 11) is 1.89. The number of quaternary nitrogens is 1. The molecule has 0 bridgehead atoms. The first-order valence-electron chi connectivity index (χ1n) is 7.99. The van der Waals surface area contributed by atoms with Crippen molar-refractivity contribution in [1.29, 1.82) is 0 Å². The number of hydrogen-bond acceptors (Lipinski definition) is 2. The number of nitrogens with zero attached hydrogens (tertiary/aromatic N) is 1. The van der Waals surface area contributed by atoms with Gasteiger partial charge in [0.15, 0.2) is 6.67 Å². The average Bonchev–Trinajstić information content (AvgIpc) is 2.84. The minimum atomic E-state index is -0.388. The summed E-state index contributed by atoms with van der Waals surface area (Å²) in [5.41, 5.74) is 1.72. The summed E-state index contributed by atoms with van der Waals surface area (Å²) in [4.78, 5) is 27.1. The molecule has 1 N–H and O–H groups in total. The van der Waals surface area contributed by atoms with Crippen molar-refractivity contribution in [2.75, 3.05) is 13.7 Å². The normalized spacial score (nSPS) is 18.9. The van der Waals surface area contributed by atoms with Gasteiger partial charge < -0.3 is 4.90 Å². The lowest BCUT2D eigenvalue weighted by molar-refractivity contribution is -0.901. The number of amides is 2. The molecule has 1 aliphatic rings. The predicted octanol–water partition coefficient (Wildman–Crippen LogP) is 1.34. The van der Waals surface area contributed by atoms with Crippen LogP contribution in [0.4, 0.5) is 4.39 Å². The van der Waals surface area contributed by atoms with Crippen molar-refractivity contribution in [2.24, 2.45) is 0 Å². The molecule has 24 heavy (non-hydrogen) atoms. The van der Waals surface area contributed by atoms with Gasteiger partial charge in [0.2, 0.25) is 11.8 Å². The molecule has 2 atom stereocenters. The van der Waals surface area contributed by atoms with E-state index in [4.69, 9.17) is 0 Å². The second-order valence-electron chi connectivity index (χ2n) is 6.25. The Labute approximate surface area is 140 Å².